The molecule has 1 aliphatic rings. The predicted molar refractivity (Wildman–Crippen MR) is 124 cm³/mol. The largest absolute Gasteiger partial charge is 0.324 e. The Bertz CT molecular complexity index is 1440. The minimum absolute atomic E-state index is 0.214. The van der Waals surface area contributed by atoms with E-state index in [-0.39, 0.29) is 11.4 Å². The average molecular weight is 429 g/mol. The Kier molecular flexibility index (Phi) is 4.52. The van der Waals surface area contributed by atoms with Crippen LogP contribution in [0, 0.1) is 6.92 Å². The number of nitrogens with one attached hydrogen (secondary N) is 1. The molecule has 0 unspecified atom stereocenters. The van der Waals surface area contributed by atoms with E-state index in [1.165, 1.54) is 4.31 Å². The average Bonchev–Trinajstić information content (AvgIpc) is 2.77. The number of carbonyl (C=O) groups is 1. The molecule has 4 aromatic rings. The Morgan fingerprint density at radius 1 is 0.871 bits per heavy atom. The van der Waals surface area contributed by atoms with Gasteiger partial charge in [-0.1, -0.05) is 66.2 Å². The van der Waals surface area contributed by atoms with Gasteiger partial charge in [-0.3, -0.25) is 9.10 Å². The molecular formula is C25H20N2O3S. The fourth-order valence-corrected chi connectivity index (χ4v) is 5.72. The highest BCUT2D eigenvalue weighted by Gasteiger charge is 2.35. The SMILES string of the molecule is Cc1ccc2c(c1)-c1ccccc1S(=O)(=O)N2CC(=O)Nc1cccc2ccccc12. The molecule has 6 heteroatoms. The van der Waals surface area contributed by atoms with Gasteiger partial charge in [0, 0.05) is 22.2 Å². The lowest BCUT2D eigenvalue weighted by molar-refractivity contribution is -0.114. The van der Waals surface area contributed by atoms with Gasteiger partial charge in [0.25, 0.3) is 10.0 Å². The number of amides is 1. The van der Waals surface area contributed by atoms with E-state index in [2.05, 4.69) is 5.32 Å². The summed E-state index contributed by atoms with van der Waals surface area (Å²) in [6.45, 7) is 1.65. The van der Waals surface area contributed by atoms with Gasteiger partial charge in [0.1, 0.15) is 6.54 Å². The zero-order chi connectivity index (χ0) is 21.6. The molecule has 0 bridgehead atoms. The second-order valence-corrected chi connectivity index (χ2v) is 9.43. The second-order valence-electron chi connectivity index (χ2n) is 7.60. The van der Waals surface area contributed by atoms with Gasteiger partial charge < -0.3 is 5.32 Å². The highest BCUT2D eigenvalue weighted by Crippen LogP contribution is 2.43. The molecular weight excluding hydrogens is 408 g/mol. The third-order valence-corrected chi connectivity index (χ3v) is 7.33. The van der Waals surface area contributed by atoms with Crippen LogP contribution in [0.25, 0.3) is 21.9 Å². The van der Waals surface area contributed by atoms with Gasteiger partial charge in [-0.2, -0.15) is 0 Å². The molecule has 0 atom stereocenters. The van der Waals surface area contributed by atoms with Gasteiger partial charge in [0.2, 0.25) is 5.91 Å². The summed E-state index contributed by atoms with van der Waals surface area (Å²) in [5, 5.41) is 4.80. The van der Waals surface area contributed by atoms with Crippen molar-refractivity contribution in [3.63, 3.8) is 0 Å². The summed E-state index contributed by atoms with van der Waals surface area (Å²) in [4.78, 5) is 13.2. The highest BCUT2D eigenvalue weighted by molar-refractivity contribution is 7.93. The van der Waals surface area contributed by atoms with Crippen molar-refractivity contribution in [3.05, 3.63) is 90.5 Å². The van der Waals surface area contributed by atoms with Crippen LogP contribution in [0.4, 0.5) is 11.4 Å². The maximum Gasteiger partial charge on any atom is 0.265 e. The molecule has 31 heavy (non-hydrogen) atoms. The zero-order valence-electron chi connectivity index (χ0n) is 16.9. The Balaban J connectivity index is 1.54. The standard InChI is InChI=1S/C25H20N2O3S/c1-17-13-14-23-21(15-17)20-10-4-5-12-24(20)31(29,30)27(23)16-25(28)26-22-11-6-8-18-7-2-3-9-19(18)22/h2-15H,16H2,1H3,(H,26,28). The van der Waals surface area contributed by atoms with E-state index in [0.717, 1.165) is 21.9 Å². The van der Waals surface area contributed by atoms with Gasteiger partial charge >= 0.3 is 0 Å². The maximum atomic E-state index is 13.4. The molecule has 5 nitrogen and oxygen atoms in total. The van der Waals surface area contributed by atoms with Crippen molar-refractivity contribution < 1.29 is 13.2 Å². The molecule has 1 N–H and O–H groups in total. The first-order valence-electron chi connectivity index (χ1n) is 9.95. The molecule has 0 radical (unpaired) electrons. The predicted octanol–water partition coefficient (Wildman–Crippen LogP) is 4.96. The highest BCUT2D eigenvalue weighted by atomic mass is 32.2. The molecule has 0 saturated carbocycles. The van der Waals surface area contributed by atoms with Crippen LogP contribution in [0.2, 0.25) is 0 Å². The molecule has 0 fully saturated rings. The Hall–Kier alpha value is -3.64. The number of hydrogen-bond acceptors (Lipinski definition) is 3. The van der Waals surface area contributed by atoms with Gasteiger partial charge in [-0.25, -0.2) is 8.42 Å². The fraction of sp³-hybridized carbons (Fsp3) is 0.0800. The molecule has 154 valence electrons. The second kappa shape index (κ2) is 7.25. The third-order valence-electron chi connectivity index (χ3n) is 5.52. The summed E-state index contributed by atoms with van der Waals surface area (Å²) < 4.78 is 28.0. The molecule has 0 aliphatic carbocycles. The van der Waals surface area contributed by atoms with Crippen LogP contribution >= 0.6 is 0 Å². The lowest BCUT2D eigenvalue weighted by Gasteiger charge is -2.31. The number of rotatable bonds is 3. The van der Waals surface area contributed by atoms with Crippen LogP contribution in [-0.2, 0) is 14.8 Å². The molecule has 5 rings (SSSR count). The summed E-state index contributed by atoms with van der Waals surface area (Å²) in [6, 6.07) is 25.9. The van der Waals surface area contributed by atoms with Gasteiger partial charge in [0.05, 0.1) is 10.6 Å². The van der Waals surface area contributed by atoms with Crippen LogP contribution in [0.3, 0.4) is 0 Å². The van der Waals surface area contributed by atoms with E-state index in [9.17, 15) is 13.2 Å². The number of aryl methyl sites for hydroxylation is 1. The van der Waals surface area contributed by atoms with E-state index in [1.54, 1.807) is 24.3 Å². The number of benzene rings is 4. The van der Waals surface area contributed by atoms with Crippen molar-refractivity contribution in [2.75, 3.05) is 16.2 Å². The number of carbonyl (C=O) groups excluding carboxylic acids is 1. The van der Waals surface area contributed by atoms with Crippen molar-refractivity contribution in [2.24, 2.45) is 0 Å². The first-order chi connectivity index (χ1) is 14.9. The number of sulfonamides is 1. The number of fused-ring (bicyclic) bond motifs is 4. The van der Waals surface area contributed by atoms with Crippen LogP contribution in [0.15, 0.2) is 89.8 Å². The Morgan fingerprint density at radius 3 is 2.48 bits per heavy atom. The quantitative estimate of drug-likeness (QED) is 0.501. The topological polar surface area (TPSA) is 66.5 Å². The third kappa shape index (κ3) is 3.25. The monoisotopic (exact) mass is 428 g/mol. The molecule has 1 amide bonds. The molecule has 1 heterocycles. The summed E-state index contributed by atoms with van der Waals surface area (Å²) in [6.07, 6.45) is 0. The van der Waals surface area contributed by atoms with E-state index >= 15 is 0 Å². The Morgan fingerprint density at radius 2 is 1.61 bits per heavy atom. The minimum atomic E-state index is -3.87. The van der Waals surface area contributed by atoms with E-state index in [1.807, 2.05) is 67.6 Å². The van der Waals surface area contributed by atoms with Gasteiger partial charge in [-0.15, -0.1) is 0 Å². The normalized spacial score (nSPS) is 14.0. The molecule has 4 aromatic carbocycles. The van der Waals surface area contributed by atoms with Crippen molar-refractivity contribution in [3.8, 4) is 11.1 Å². The van der Waals surface area contributed by atoms with Crippen molar-refractivity contribution in [2.45, 2.75) is 11.8 Å². The number of hydrogen-bond donors (Lipinski definition) is 1. The lowest BCUT2D eigenvalue weighted by Crippen LogP contribution is -2.40. The van der Waals surface area contributed by atoms with Crippen molar-refractivity contribution in [1.29, 1.82) is 0 Å². The van der Waals surface area contributed by atoms with E-state index < -0.39 is 15.9 Å². The van der Waals surface area contributed by atoms with Crippen molar-refractivity contribution in [1.82, 2.24) is 0 Å². The lowest BCUT2D eigenvalue weighted by atomic mass is 10.0. The van der Waals surface area contributed by atoms with E-state index in [0.29, 0.717) is 16.9 Å². The first-order valence-corrected chi connectivity index (χ1v) is 11.4. The zero-order valence-corrected chi connectivity index (χ0v) is 17.7. The van der Waals surface area contributed by atoms with Crippen LogP contribution in [0.1, 0.15) is 5.56 Å². The van der Waals surface area contributed by atoms with Crippen molar-refractivity contribution >= 4 is 38.1 Å². The van der Waals surface area contributed by atoms with Crippen LogP contribution in [0.5, 0.6) is 0 Å². The first kappa shape index (κ1) is 19.3. The van der Waals surface area contributed by atoms with Gasteiger partial charge in [-0.05, 0) is 36.6 Å². The smallest absolute Gasteiger partial charge is 0.265 e. The Labute approximate surface area is 181 Å². The van der Waals surface area contributed by atoms with Crippen LogP contribution in [-0.4, -0.2) is 20.9 Å². The number of anilines is 2. The molecule has 0 saturated heterocycles. The van der Waals surface area contributed by atoms with E-state index in [4.69, 9.17) is 0 Å². The minimum Gasteiger partial charge on any atom is -0.324 e. The summed E-state index contributed by atoms with van der Waals surface area (Å²) in [7, 11) is -3.87. The van der Waals surface area contributed by atoms with Crippen LogP contribution < -0.4 is 9.62 Å². The van der Waals surface area contributed by atoms with Gasteiger partial charge in [0.15, 0.2) is 0 Å². The molecule has 0 spiro atoms. The molecule has 0 aromatic heterocycles. The summed E-state index contributed by atoms with van der Waals surface area (Å²) in [5.74, 6) is -0.397. The fourth-order valence-electron chi connectivity index (χ4n) is 4.07. The summed E-state index contributed by atoms with van der Waals surface area (Å²) >= 11 is 0. The summed E-state index contributed by atoms with van der Waals surface area (Å²) in [5.41, 5.74) is 3.66. The number of nitrogens with zero attached hydrogens (tertiary/aromatic N) is 1. The maximum absolute atomic E-state index is 13.4. The molecule has 1 aliphatic heterocycles.